The minimum Gasteiger partial charge on any atom is -0.337 e. The first kappa shape index (κ1) is 16.4. The van der Waals surface area contributed by atoms with Crippen molar-refractivity contribution in [1.29, 1.82) is 0 Å². The van der Waals surface area contributed by atoms with Crippen molar-refractivity contribution in [2.24, 2.45) is 7.05 Å². The van der Waals surface area contributed by atoms with Gasteiger partial charge in [-0.05, 0) is 18.2 Å². The predicted octanol–water partition coefficient (Wildman–Crippen LogP) is 3.36. The van der Waals surface area contributed by atoms with Crippen LogP contribution in [-0.2, 0) is 19.8 Å². The fraction of sp³-hybridized carbons (Fsp3) is 0.286. The Morgan fingerprint density at radius 1 is 1.41 bits per heavy atom. The number of carbonyl (C=O) groups is 1. The molecule has 0 aliphatic heterocycles. The molecule has 0 N–H and O–H groups in total. The van der Waals surface area contributed by atoms with Crippen LogP contribution in [0.15, 0.2) is 30.6 Å². The number of carbonyl (C=O) groups excluding carboxylic acids is 1. The number of aryl methyl sites for hydroxylation is 1. The highest BCUT2D eigenvalue weighted by molar-refractivity contribution is 6.33. The number of aromatic nitrogens is 2. The SMILES string of the molecule is CN(Cc1cnn(C)c1)C(=O)c1ccc(C(F)(F)F)cc1Cl. The molecule has 0 radical (unpaired) electrons. The van der Waals surface area contributed by atoms with Crippen LogP contribution in [0.1, 0.15) is 21.5 Å². The predicted molar refractivity (Wildman–Crippen MR) is 75.5 cm³/mol. The molecule has 0 unspecified atom stereocenters. The Hall–Kier alpha value is -2.02. The van der Waals surface area contributed by atoms with Crippen LogP contribution in [0.5, 0.6) is 0 Å². The van der Waals surface area contributed by atoms with Crippen molar-refractivity contribution in [3.8, 4) is 0 Å². The lowest BCUT2D eigenvalue weighted by Gasteiger charge is -2.17. The molecule has 0 saturated heterocycles. The highest BCUT2D eigenvalue weighted by atomic mass is 35.5. The summed E-state index contributed by atoms with van der Waals surface area (Å²) in [6.07, 6.45) is -1.14. The molecule has 1 heterocycles. The van der Waals surface area contributed by atoms with E-state index in [-0.39, 0.29) is 17.1 Å². The van der Waals surface area contributed by atoms with E-state index >= 15 is 0 Å². The molecule has 22 heavy (non-hydrogen) atoms. The Balaban J connectivity index is 2.18. The van der Waals surface area contributed by atoms with E-state index in [1.54, 1.807) is 31.2 Å². The van der Waals surface area contributed by atoms with E-state index in [1.165, 1.54) is 4.90 Å². The van der Waals surface area contributed by atoms with Crippen molar-refractivity contribution in [1.82, 2.24) is 14.7 Å². The first-order valence-electron chi connectivity index (χ1n) is 6.28. The topological polar surface area (TPSA) is 38.1 Å². The van der Waals surface area contributed by atoms with Crippen LogP contribution in [0.3, 0.4) is 0 Å². The zero-order valence-electron chi connectivity index (χ0n) is 11.9. The Morgan fingerprint density at radius 3 is 2.59 bits per heavy atom. The van der Waals surface area contributed by atoms with Crippen LogP contribution in [0, 0.1) is 0 Å². The summed E-state index contributed by atoms with van der Waals surface area (Å²) in [4.78, 5) is 13.6. The van der Waals surface area contributed by atoms with Gasteiger partial charge in [0.2, 0.25) is 0 Å². The van der Waals surface area contributed by atoms with Crippen molar-refractivity contribution >= 4 is 17.5 Å². The van der Waals surface area contributed by atoms with Gasteiger partial charge in [0.15, 0.2) is 0 Å². The third kappa shape index (κ3) is 3.59. The number of hydrogen-bond donors (Lipinski definition) is 0. The van der Waals surface area contributed by atoms with Crippen molar-refractivity contribution in [3.63, 3.8) is 0 Å². The normalized spacial score (nSPS) is 11.5. The lowest BCUT2D eigenvalue weighted by molar-refractivity contribution is -0.137. The van der Waals surface area contributed by atoms with Gasteiger partial charge in [-0.2, -0.15) is 18.3 Å². The number of nitrogens with zero attached hydrogens (tertiary/aromatic N) is 3. The maximum absolute atomic E-state index is 12.6. The summed E-state index contributed by atoms with van der Waals surface area (Å²) >= 11 is 5.82. The molecule has 0 aliphatic carbocycles. The first-order chi connectivity index (χ1) is 10.2. The van der Waals surface area contributed by atoms with Gasteiger partial charge >= 0.3 is 6.18 Å². The molecule has 2 rings (SSSR count). The van der Waals surface area contributed by atoms with E-state index in [2.05, 4.69) is 5.10 Å². The van der Waals surface area contributed by atoms with Gasteiger partial charge in [-0.15, -0.1) is 0 Å². The largest absolute Gasteiger partial charge is 0.416 e. The van der Waals surface area contributed by atoms with Crippen LogP contribution in [0.25, 0.3) is 0 Å². The molecule has 1 aromatic heterocycles. The number of alkyl halides is 3. The maximum atomic E-state index is 12.6. The average molecular weight is 332 g/mol. The van der Waals surface area contributed by atoms with Crippen molar-refractivity contribution < 1.29 is 18.0 Å². The molecular weight excluding hydrogens is 319 g/mol. The van der Waals surface area contributed by atoms with E-state index in [1.807, 2.05) is 0 Å². The molecule has 0 fully saturated rings. The van der Waals surface area contributed by atoms with Crippen LogP contribution in [-0.4, -0.2) is 27.6 Å². The Labute approximate surface area is 130 Å². The molecule has 0 spiro atoms. The Bertz CT molecular complexity index is 697. The average Bonchev–Trinajstić information content (AvgIpc) is 2.82. The smallest absolute Gasteiger partial charge is 0.337 e. The summed E-state index contributed by atoms with van der Waals surface area (Å²) in [7, 11) is 3.29. The quantitative estimate of drug-likeness (QED) is 0.865. The summed E-state index contributed by atoms with van der Waals surface area (Å²) in [5.41, 5.74) is -0.0496. The fourth-order valence-electron chi connectivity index (χ4n) is 1.97. The molecule has 1 aromatic carbocycles. The van der Waals surface area contributed by atoms with Gasteiger partial charge in [-0.25, -0.2) is 0 Å². The van der Waals surface area contributed by atoms with E-state index in [9.17, 15) is 18.0 Å². The molecule has 0 saturated carbocycles. The lowest BCUT2D eigenvalue weighted by Crippen LogP contribution is -2.26. The van der Waals surface area contributed by atoms with Gasteiger partial charge in [0.05, 0.1) is 22.3 Å². The lowest BCUT2D eigenvalue weighted by atomic mass is 10.1. The molecule has 0 atom stereocenters. The molecule has 118 valence electrons. The summed E-state index contributed by atoms with van der Waals surface area (Å²) in [6, 6.07) is 2.69. The molecule has 1 amide bonds. The zero-order chi connectivity index (χ0) is 16.5. The van der Waals surface area contributed by atoms with E-state index in [4.69, 9.17) is 11.6 Å². The number of rotatable bonds is 3. The van der Waals surface area contributed by atoms with Crippen LogP contribution in [0.2, 0.25) is 5.02 Å². The monoisotopic (exact) mass is 331 g/mol. The Kier molecular flexibility index (Phi) is 4.46. The molecule has 2 aromatic rings. The molecule has 4 nitrogen and oxygen atoms in total. The van der Waals surface area contributed by atoms with Crippen molar-refractivity contribution in [3.05, 3.63) is 52.3 Å². The van der Waals surface area contributed by atoms with Crippen LogP contribution in [0.4, 0.5) is 13.2 Å². The Morgan fingerprint density at radius 2 is 2.09 bits per heavy atom. The summed E-state index contributed by atoms with van der Waals surface area (Å²) in [5, 5.41) is 3.76. The summed E-state index contributed by atoms with van der Waals surface area (Å²) in [6.45, 7) is 0.282. The molecule has 0 aliphatic rings. The second-order valence-corrected chi connectivity index (χ2v) is 5.28. The van der Waals surface area contributed by atoms with Gasteiger partial charge in [0.1, 0.15) is 0 Å². The second-order valence-electron chi connectivity index (χ2n) is 4.88. The van der Waals surface area contributed by atoms with E-state index in [0.717, 1.165) is 23.8 Å². The minimum absolute atomic E-state index is 0.0288. The second kappa shape index (κ2) is 6.00. The molecular formula is C14H13ClF3N3O. The van der Waals surface area contributed by atoms with E-state index < -0.39 is 17.6 Å². The summed E-state index contributed by atoms with van der Waals surface area (Å²) < 4.78 is 39.4. The molecule has 8 heteroatoms. The third-order valence-corrected chi connectivity index (χ3v) is 3.36. The van der Waals surface area contributed by atoms with Gasteiger partial charge in [0.25, 0.3) is 5.91 Å². The number of amides is 1. The maximum Gasteiger partial charge on any atom is 0.416 e. The molecule has 0 bridgehead atoms. The van der Waals surface area contributed by atoms with Crippen molar-refractivity contribution in [2.75, 3.05) is 7.05 Å². The number of hydrogen-bond acceptors (Lipinski definition) is 2. The number of benzene rings is 1. The third-order valence-electron chi connectivity index (χ3n) is 3.05. The van der Waals surface area contributed by atoms with Gasteiger partial charge in [-0.1, -0.05) is 11.6 Å². The first-order valence-corrected chi connectivity index (χ1v) is 6.66. The van der Waals surface area contributed by atoms with Gasteiger partial charge < -0.3 is 4.90 Å². The van der Waals surface area contributed by atoms with E-state index in [0.29, 0.717) is 0 Å². The van der Waals surface area contributed by atoms with Crippen LogP contribution < -0.4 is 0 Å². The zero-order valence-corrected chi connectivity index (χ0v) is 12.6. The fourth-order valence-corrected chi connectivity index (χ4v) is 2.23. The summed E-state index contributed by atoms with van der Waals surface area (Å²) in [5.74, 6) is -0.456. The highest BCUT2D eigenvalue weighted by Crippen LogP contribution is 2.32. The number of halogens is 4. The highest BCUT2D eigenvalue weighted by Gasteiger charge is 2.31. The van der Waals surface area contributed by atoms with Gasteiger partial charge in [0, 0.05) is 32.4 Å². The standard InChI is InChI=1S/C14H13ClF3N3O/c1-20(7-9-6-19-21(2)8-9)13(22)11-4-3-10(5-12(11)15)14(16,17)18/h3-6,8H,7H2,1-2H3. The van der Waals surface area contributed by atoms with Gasteiger partial charge in [-0.3, -0.25) is 9.48 Å². The minimum atomic E-state index is -4.49. The van der Waals surface area contributed by atoms with Crippen LogP contribution >= 0.6 is 11.6 Å². The van der Waals surface area contributed by atoms with Crippen molar-refractivity contribution in [2.45, 2.75) is 12.7 Å².